The Balaban J connectivity index is 1.74. The smallest absolute Gasteiger partial charge is 0.252 e. The molecule has 2 atom stereocenters. The van der Waals surface area contributed by atoms with Gasteiger partial charge >= 0.3 is 0 Å². The molecule has 1 aliphatic rings. The van der Waals surface area contributed by atoms with Crippen LogP contribution in [0.15, 0.2) is 38.3 Å². The number of benzene rings is 1. The van der Waals surface area contributed by atoms with E-state index < -0.39 is 16.7 Å². The number of rotatable bonds is 7. The van der Waals surface area contributed by atoms with Gasteiger partial charge in [0.05, 0.1) is 23.3 Å². The van der Waals surface area contributed by atoms with Crippen molar-refractivity contribution in [1.82, 2.24) is 5.32 Å². The van der Waals surface area contributed by atoms with E-state index in [0.29, 0.717) is 11.3 Å². The zero-order chi connectivity index (χ0) is 23.4. The maximum absolute atomic E-state index is 14.8. The molecule has 2 heterocycles. The van der Waals surface area contributed by atoms with Crippen molar-refractivity contribution < 1.29 is 13.6 Å². The van der Waals surface area contributed by atoms with E-state index in [9.17, 15) is 18.8 Å². The fraction of sp³-hybridized carbons (Fsp3) is 0.400. The van der Waals surface area contributed by atoms with E-state index in [4.69, 9.17) is 4.42 Å². The topological polar surface area (TPSA) is 88.4 Å². The normalized spacial score (nSPS) is 16.8. The lowest BCUT2D eigenvalue weighted by atomic mass is 9.80. The van der Waals surface area contributed by atoms with Gasteiger partial charge in [-0.2, -0.15) is 0 Å². The SMILES string of the molecule is CCC(C)(C)[C@@H](Nc1c(Cc2c(F)ccc3c2C(=O)N[C@@H]3C)c(=O)c1=O)c1ccc(C)o1. The first-order valence-electron chi connectivity index (χ1n) is 10.8. The highest BCUT2D eigenvalue weighted by Crippen LogP contribution is 2.40. The minimum absolute atomic E-state index is 0.126. The van der Waals surface area contributed by atoms with Crippen molar-refractivity contribution in [1.29, 1.82) is 0 Å². The van der Waals surface area contributed by atoms with Crippen molar-refractivity contribution in [3.05, 3.63) is 84.3 Å². The molecule has 3 aromatic rings. The van der Waals surface area contributed by atoms with E-state index in [0.717, 1.165) is 12.2 Å². The highest BCUT2D eigenvalue weighted by molar-refractivity contribution is 6.00. The molecule has 0 aliphatic carbocycles. The number of anilines is 1. The predicted octanol–water partition coefficient (Wildman–Crippen LogP) is 4.31. The Hall–Kier alpha value is -3.22. The van der Waals surface area contributed by atoms with Crippen molar-refractivity contribution in [2.24, 2.45) is 5.41 Å². The Morgan fingerprint density at radius 2 is 1.84 bits per heavy atom. The van der Waals surface area contributed by atoms with Crippen LogP contribution in [-0.4, -0.2) is 5.91 Å². The fourth-order valence-electron chi connectivity index (χ4n) is 4.33. The van der Waals surface area contributed by atoms with Crippen LogP contribution in [0.3, 0.4) is 0 Å². The molecule has 32 heavy (non-hydrogen) atoms. The summed E-state index contributed by atoms with van der Waals surface area (Å²) in [5.74, 6) is 0.463. The van der Waals surface area contributed by atoms with E-state index in [2.05, 4.69) is 10.6 Å². The highest BCUT2D eigenvalue weighted by Gasteiger charge is 2.36. The van der Waals surface area contributed by atoms with E-state index in [-0.39, 0.29) is 52.2 Å². The Labute approximate surface area is 185 Å². The number of carbonyl (C=O) groups excluding carboxylic acids is 1. The van der Waals surface area contributed by atoms with Crippen molar-refractivity contribution in [2.45, 2.75) is 59.5 Å². The van der Waals surface area contributed by atoms with Gasteiger partial charge in [-0.15, -0.1) is 0 Å². The average molecular weight is 438 g/mol. The maximum atomic E-state index is 14.8. The molecule has 0 fully saturated rings. The van der Waals surface area contributed by atoms with Crippen molar-refractivity contribution in [3.8, 4) is 0 Å². The molecule has 1 aromatic heterocycles. The minimum Gasteiger partial charge on any atom is -0.464 e. The predicted molar refractivity (Wildman–Crippen MR) is 120 cm³/mol. The van der Waals surface area contributed by atoms with Crippen LogP contribution in [0, 0.1) is 18.2 Å². The molecule has 2 N–H and O–H groups in total. The van der Waals surface area contributed by atoms with Crippen molar-refractivity contribution in [3.63, 3.8) is 0 Å². The molecule has 0 saturated heterocycles. The molecule has 0 saturated carbocycles. The second-order valence-corrected chi connectivity index (χ2v) is 9.24. The molecule has 7 heteroatoms. The van der Waals surface area contributed by atoms with Crippen LogP contribution in [0.25, 0.3) is 0 Å². The minimum atomic E-state index is -0.653. The Bertz CT molecular complexity index is 1280. The van der Waals surface area contributed by atoms with Crippen LogP contribution in [-0.2, 0) is 6.42 Å². The molecule has 0 spiro atoms. The molecule has 0 unspecified atom stereocenters. The molecular weight excluding hydrogens is 411 g/mol. The summed E-state index contributed by atoms with van der Waals surface area (Å²) in [6.45, 7) is 9.79. The largest absolute Gasteiger partial charge is 0.464 e. The molecule has 168 valence electrons. The number of amides is 1. The number of furan rings is 1. The number of aryl methyl sites for hydroxylation is 1. The number of carbonyl (C=O) groups is 1. The van der Waals surface area contributed by atoms with Crippen LogP contribution in [0.2, 0.25) is 0 Å². The molecule has 0 bridgehead atoms. The molecule has 0 radical (unpaired) electrons. The third-order valence-corrected chi connectivity index (χ3v) is 6.72. The van der Waals surface area contributed by atoms with E-state index in [1.54, 1.807) is 6.07 Å². The van der Waals surface area contributed by atoms with Crippen LogP contribution >= 0.6 is 0 Å². The number of nitrogens with one attached hydrogen (secondary N) is 2. The van der Waals surface area contributed by atoms with Gasteiger partial charge in [-0.1, -0.05) is 26.8 Å². The second kappa shape index (κ2) is 7.73. The third-order valence-electron chi connectivity index (χ3n) is 6.72. The lowest BCUT2D eigenvalue weighted by molar-refractivity contribution is 0.0957. The summed E-state index contributed by atoms with van der Waals surface area (Å²) in [5.41, 5.74) is -0.144. The summed E-state index contributed by atoms with van der Waals surface area (Å²) in [6.07, 6.45) is 0.659. The Kier molecular flexibility index (Phi) is 5.31. The van der Waals surface area contributed by atoms with Gasteiger partial charge in [-0.3, -0.25) is 14.4 Å². The van der Waals surface area contributed by atoms with Gasteiger partial charge in [-0.05, 0) is 49.4 Å². The molecule has 4 rings (SSSR count). The first-order chi connectivity index (χ1) is 15.0. The van der Waals surface area contributed by atoms with Gasteiger partial charge in [-0.25, -0.2) is 4.39 Å². The zero-order valence-electron chi connectivity index (χ0n) is 18.9. The van der Waals surface area contributed by atoms with Crippen LogP contribution in [0.5, 0.6) is 0 Å². The quantitative estimate of drug-likeness (QED) is 0.537. The van der Waals surface area contributed by atoms with Crippen LogP contribution < -0.4 is 21.5 Å². The van der Waals surface area contributed by atoms with Crippen LogP contribution in [0.4, 0.5) is 10.1 Å². The molecule has 6 nitrogen and oxygen atoms in total. The van der Waals surface area contributed by atoms with Gasteiger partial charge in [0, 0.05) is 17.5 Å². The summed E-state index contributed by atoms with van der Waals surface area (Å²) >= 11 is 0. The van der Waals surface area contributed by atoms with Gasteiger partial charge in [0.1, 0.15) is 17.3 Å². The van der Waals surface area contributed by atoms with Gasteiger partial charge in [0.15, 0.2) is 0 Å². The summed E-state index contributed by atoms with van der Waals surface area (Å²) in [6, 6.07) is 5.98. The number of fused-ring (bicyclic) bond motifs is 1. The summed E-state index contributed by atoms with van der Waals surface area (Å²) in [5, 5.41) is 6.00. The molecule has 1 aliphatic heterocycles. The Morgan fingerprint density at radius 1 is 1.12 bits per heavy atom. The van der Waals surface area contributed by atoms with E-state index >= 15 is 0 Å². The summed E-state index contributed by atoms with van der Waals surface area (Å²) in [7, 11) is 0. The highest BCUT2D eigenvalue weighted by atomic mass is 19.1. The standard InChI is InChI=1S/C25H27FN2O4/c1-6-25(4,5)23(18-10-7-12(2)32-18)28-20-16(21(29)22(20)30)11-15-17(26)9-8-14-13(3)27-24(31)19(14)15/h7-10,13,23,28H,6,11H2,1-5H3,(H,27,31)/t13-,23+/m1/s1. The van der Waals surface area contributed by atoms with E-state index in [1.807, 2.05) is 46.8 Å². The summed E-state index contributed by atoms with van der Waals surface area (Å²) < 4.78 is 20.6. The first kappa shape index (κ1) is 22.0. The van der Waals surface area contributed by atoms with Gasteiger partial charge < -0.3 is 15.1 Å². The van der Waals surface area contributed by atoms with Gasteiger partial charge in [0.25, 0.3) is 5.91 Å². The van der Waals surface area contributed by atoms with Crippen LogP contribution in [0.1, 0.15) is 84.8 Å². The fourth-order valence-corrected chi connectivity index (χ4v) is 4.33. The van der Waals surface area contributed by atoms with Crippen molar-refractivity contribution in [2.75, 3.05) is 5.32 Å². The molecular formula is C25H27FN2O4. The number of halogens is 1. The van der Waals surface area contributed by atoms with Gasteiger partial charge in [0.2, 0.25) is 10.9 Å². The maximum Gasteiger partial charge on any atom is 0.252 e. The average Bonchev–Trinajstić information content (AvgIpc) is 3.30. The molecule has 1 amide bonds. The monoisotopic (exact) mass is 438 g/mol. The third kappa shape index (κ3) is 3.45. The first-order valence-corrected chi connectivity index (χ1v) is 10.8. The molecule has 2 aromatic carbocycles. The Morgan fingerprint density at radius 3 is 2.47 bits per heavy atom. The lowest BCUT2D eigenvalue weighted by Gasteiger charge is -2.34. The second-order valence-electron chi connectivity index (χ2n) is 9.24. The van der Waals surface area contributed by atoms with E-state index in [1.165, 1.54) is 6.07 Å². The lowest BCUT2D eigenvalue weighted by Crippen LogP contribution is -2.41. The van der Waals surface area contributed by atoms with Crippen molar-refractivity contribution >= 4 is 11.6 Å². The summed E-state index contributed by atoms with van der Waals surface area (Å²) in [4.78, 5) is 37.4. The number of hydrogen-bond acceptors (Lipinski definition) is 5. The number of hydrogen-bond donors (Lipinski definition) is 2. The zero-order valence-corrected chi connectivity index (χ0v) is 18.9.